The number of hydrogen-bond acceptors (Lipinski definition) is 3. The first kappa shape index (κ1) is 17.2. The standard InChI is InChI=1S/C21H23FN2O2/c1-13(14-6-8-16(22)9-7-14)21(26)23-19-10-15-4-2-3-5-18(15)20(19)24-11-17(25)12-24/h2-9,13,17,19-20,25H,10-12H2,1H3,(H,23,26)/t13-,19?,20?/m0/s1. The summed E-state index contributed by atoms with van der Waals surface area (Å²) in [7, 11) is 0. The van der Waals surface area contributed by atoms with Gasteiger partial charge in [0.2, 0.25) is 5.91 Å². The summed E-state index contributed by atoms with van der Waals surface area (Å²) in [5.41, 5.74) is 3.29. The van der Waals surface area contributed by atoms with E-state index in [1.165, 1.54) is 23.3 Å². The summed E-state index contributed by atoms with van der Waals surface area (Å²) in [5.74, 6) is -0.702. The van der Waals surface area contributed by atoms with Crippen molar-refractivity contribution in [2.24, 2.45) is 0 Å². The molecule has 0 radical (unpaired) electrons. The van der Waals surface area contributed by atoms with Crippen LogP contribution in [0.2, 0.25) is 0 Å². The first-order valence-electron chi connectivity index (χ1n) is 9.08. The lowest BCUT2D eigenvalue weighted by Crippen LogP contribution is -2.56. The molecule has 0 bridgehead atoms. The number of rotatable bonds is 4. The summed E-state index contributed by atoms with van der Waals surface area (Å²) in [4.78, 5) is 15.0. The zero-order valence-corrected chi connectivity index (χ0v) is 14.7. The second-order valence-corrected chi connectivity index (χ2v) is 7.34. The summed E-state index contributed by atoms with van der Waals surface area (Å²) in [6, 6.07) is 14.4. The molecule has 136 valence electrons. The summed E-state index contributed by atoms with van der Waals surface area (Å²) >= 11 is 0. The Kier molecular flexibility index (Phi) is 4.51. The van der Waals surface area contributed by atoms with Crippen LogP contribution in [-0.4, -0.2) is 41.1 Å². The van der Waals surface area contributed by atoms with Gasteiger partial charge in [0.1, 0.15) is 5.82 Å². The molecule has 1 fully saturated rings. The lowest BCUT2D eigenvalue weighted by atomic mass is 9.97. The van der Waals surface area contributed by atoms with Crippen LogP contribution in [0.25, 0.3) is 0 Å². The van der Waals surface area contributed by atoms with Crippen LogP contribution in [0.4, 0.5) is 4.39 Å². The average Bonchev–Trinajstić information content (AvgIpc) is 2.96. The van der Waals surface area contributed by atoms with Gasteiger partial charge in [-0.1, -0.05) is 36.4 Å². The van der Waals surface area contributed by atoms with E-state index in [4.69, 9.17) is 0 Å². The average molecular weight is 354 g/mol. The number of hydrogen-bond donors (Lipinski definition) is 2. The molecule has 2 unspecified atom stereocenters. The van der Waals surface area contributed by atoms with Gasteiger partial charge >= 0.3 is 0 Å². The topological polar surface area (TPSA) is 52.6 Å². The van der Waals surface area contributed by atoms with E-state index in [1.807, 2.05) is 19.1 Å². The van der Waals surface area contributed by atoms with Gasteiger partial charge in [-0.25, -0.2) is 4.39 Å². The maximum Gasteiger partial charge on any atom is 0.227 e. The highest BCUT2D eigenvalue weighted by atomic mass is 19.1. The number of nitrogens with zero attached hydrogens (tertiary/aromatic N) is 1. The normalized spacial score (nSPS) is 24.0. The van der Waals surface area contributed by atoms with E-state index in [0.29, 0.717) is 13.1 Å². The molecule has 2 N–H and O–H groups in total. The number of aliphatic hydroxyl groups is 1. The smallest absolute Gasteiger partial charge is 0.227 e. The van der Waals surface area contributed by atoms with Crippen LogP contribution in [0.1, 0.15) is 35.6 Å². The lowest BCUT2D eigenvalue weighted by Gasteiger charge is -2.43. The Balaban J connectivity index is 1.51. The first-order valence-corrected chi connectivity index (χ1v) is 9.08. The zero-order chi connectivity index (χ0) is 18.3. The van der Waals surface area contributed by atoms with Gasteiger partial charge in [-0.3, -0.25) is 9.69 Å². The van der Waals surface area contributed by atoms with E-state index in [2.05, 4.69) is 22.3 Å². The first-order chi connectivity index (χ1) is 12.5. The molecule has 0 saturated carbocycles. The predicted molar refractivity (Wildman–Crippen MR) is 97.2 cm³/mol. The number of likely N-dealkylation sites (tertiary alicyclic amines) is 1. The SMILES string of the molecule is C[C@H](C(=O)NC1Cc2ccccc2C1N1CC(O)C1)c1ccc(F)cc1. The number of aliphatic hydroxyl groups excluding tert-OH is 1. The molecule has 3 atom stereocenters. The molecule has 1 aliphatic heterocycles. The van der Waals surface area contributed by atoms with Gasteiger partial charge in [-0.15, -0.1) is 0 Å². The quantitative estimate of drug-likeness (QED) is 0.886. The van der Waals surface area contributed by atoms with Crippen molar-refractivity contribution in [1.29, 1.82) is 0 Å². The van der Waals surface area contributed by atoms with Crippen LogP contribution in [0.5, 0.6) is 0 Å². The number of carbonyl (C=O) groups excluding carboxylic acids is 1. The molecular formula is C21H23FN2O2. The number of nitrogens with one attached hydrogen (secondary N) is 1. The summed E-state index contributed by atoms with van der Waals surface area (Å²) in [6.45, 7) is 3.12. The number of amides is 1. The summed E-state index contributed by atoms with van der Waals surface area (Å²) < 4.78 is 13.1. The van der Waals surface area contributed by atoms with Crippen molar-refractivity contribution in [3.05, 3.63) is 71.0 Å². The molecule has 26 heavy (non-hydrogen) atoms. The minimum atomic E-state index is -0.345. The van der Waals surface area contributed by atoms with Crippen molar-refractivity contribution in [2.45, 2.75) is 37.5 Å². The molecule has 4 nitrogen and oxygen atoms in total. The molecule has 1 amide bonds. The number of β-amino-alcohol motifs (C(OH)–C–C–N with tert-alkyl or cyclic N) is 1. The molecule has 5 heteroatoms. The molecule has 2 aromatic rings. The van der Waals surface area contributed by atoms with Crippen molar-refractivity contribution in [3.8, 4) is 0 Å². The van der Waals surface area contributed by atoms with E-state index in [-0.39, 0.29) is 35.8 Å². The van der Waals surface area contributed by atoms with E-state index in [1.54, 1.807) is 12.1 Å². The zero-order valence-electron chi connectivity index (χ0n) is 14.7. The van der Waals surface area contributed by atoms with Gasteiger partial charge < -0.3 is 10.4 Å². The van der Waals surface area contributed by atoms with E-state index >= 15 is 0 Å². The van der Waals surface area contributed by atoms with Crippen molar-refractivity contribution >= 4 is 5.91 Å². The highest BCUT2D eigenvalue weighted by Crippen LogP contribution is 2.38. The molecule has 0 aromatic heterocycles. The second kappa shape index (κ2) is 6.82. The van der Waals surface area contributed by atoms with Crippen molar-refractivity contribution in [1.82, 2.24) is 10.2 Å². The molecule has 1 aliphatic carbocycles. The molecular weight excluding hydrogens is 331 g/mol. The number of fused-ring (bicyclic) bond motifs is 1. The number of carbonyl (C=O) groups is 1. The molecule has 4 rings (SSSR count). The Hall–Kier alpha value is -2.24. The minimum absolute atomic E-state index is 0.0182. The fraction of sp³-hybridized carbons (Fsp3) is 0.381. The van der Waals surface area contributed by atoms with Crippen LogP contribution >= 0.6 is 0 Å². The number of benzene rings is 2. The lowest BCUT2D eigenvalue weighted by molar-refractivity contribution is -0.123. The van der Waals surface area contributed by atoms with Gasteiger partial charge in [0.25, 0.3) is 0 Å². The van der Waals surface area contributed by atoms with Crippen molar-refractivity contribution in [2.75, 3.05) is 13.1 Å². The molecule has 0 spiro atoms. The largest absolute Gasteiger partial charge is 0.390 e. The fourth-order valence-electron chi connectivity index (χ4n) is 4.08. The van der Waals surface area contributed by atoms with Crippen LogP contribution < -0.4 is 5.32 Å². The highest BCUT2D eigenvalue weighted by molar-refractivity contribution is 5.83. The maximum absolute atomic E-state index is 13.1. The molecule has 2 aromatic carbocycles. The third-order valence-electron chi connectivity index (χ3n) is 5.57. The van der Waals surface area contributed by atoms with Crippen molar-refractivity contribution < 1.29 is 14.3 Å². The van der Waals surface area contributed by atoms with Crippen molar-refractivity contribution in [3.63, 3.8) is 0 Å². The Morgan fingerprint density at radius 1 is 1.19 bits per heavy atom. The van der Waals surface area contributed by atoms with Gasteiger partial charge in [0, 0.05) is 13.1 Å². The Morgan fingerprint density at radius 3 is 2.58 bits per heavy atom. The minimum Gasteiger partial charge on any atom is -0.390 e. The van der Waals surface area contributed by atoms with Crippen LogP contribution in [0, 0.1) is 5.82 Å². The highest BCUT2D eigenvalue weighted by Gasteiger charge is 2.42. The molecule has 1 saturated heterocycles. The van der Waals surface area contributed by atoms with E-state index in [9.17, 15) is 14.3 Å². The maximum atomic E-state index is 13.1. The third-order valence-corrected chi connectivity index (χ3v) is 5.57. The molecule has 2 aliphatic rings. The predicted octanol–water partition coefficient (Wildman–Crippen LogP) is 2.39. The fourth-order valence-corrected chi connectivity index (χ4v) is 4.08. The van der Waals surface area contributed by atoms with E-state index in [0.717, 1.165) is 12.0 Å². The third kappa shape index (κ3) is 3.13. The number of halogens is 1. The summed E-state index contributed by atoms with van der Waals surface area (Å²) in [5, 5.41) is 12.9. The van der Waals surface area contributed by atoms with Gasteiger partial charge in [0.15, 0.2) is 0 Å². The van der Waals surface area contributed by atoms with Crippen LogP contribution in [0.3, 0.4) is 0 Å². The van der Waals surface area contributed by atoms with Crippen LogP contribution in [0.15, 0.2) is 48.5 Å². The van der Waals surface area contributed by atoms with E-state index < -0.39 is 0 Å². The summed E-state index contributed by atoms with van der Waals surface area (Å²) in [6.07, 6.45) is 0.507. The Labute approximate surface area is 152 Å². The monoisotopic (exact) mass is 354 g/mol. The van der Waals surface area contributed by atoms with Gasteiger partial charge in [-0.05, 0) is 42.2 Å². The van der Waals surface area contributed by atoms with Gasteiger partial charge in [0.05, 0.1) is 24.1 Å². The van der Waals surface area contributed by atoms with Gasteiger partial charge in [-0.2, -0.15) is 0 Å². The Morgan fingerprint density at radius 2 is 1.88 bits per heavy atom. The van der Waals surface area contributed by atoms with Crippen LogP contribution in [-0.2, 0) is 11.2 Å². The Bertz CT molecular complexity index is 802. The second-order valence-electron chi connectivity index (χ2n) is 7.34. The molecule has 1 heterocycles.